The van der Waals surface area contributed by atoms with Crippen molar-refractivity contribution in [1.29, 1.82) is 0 Å². The van der Waals surface area contributed by atoms with E-state index in [1.165, 1.54) is 5.57 Å². The highest BCUT2D eigenvalue weighted by atomic mass is 19.1. The first kappa shape index (κ1) is 13.3. The van der Waals surface area contributed by atoms with Crippen LogP contribution in [0.1, 0.15) is 39.2 Å². The Morgan fingerprint density at radius 3 is 2.50 bits per heavy atom. The van der Waals surface area contributed by atoms with E-state index in [4.69, 9.17) is 0 Å². The van der Waals surface area contributed by atoms with E-state index in [0.717, 1.165) is 18.4 Å². The molecule has 1 N–H and O–H groups in total. The Bertz CT molecular complexity index is 419. The van der Waals surface area contributed by atoms with Crippen molar-refractivity contribution in [1.82, 2.24) is 5.32 Å². The highest BCUT2D eigenvalue weighted by molar-refractivity contribution is 5.67. The van der Waals surface area contributed by atoms with E-state index in [1.807, 2.05) is 12.1 Å². The van der Waals surface area contributed by atoms with Gasteiger partial charge in [-0.2, -0.15) is 0 Å². The summed E-state index contributed by atoms with van der Waals surface area (Å²) in [5, 5.41) is 3.66. The van der Waals surface area contributed by atoms with E-state index in [9.17, 15) is 4.39 Å². The molecule has 1 aliphatic rings. The molecule has 1 aliphatic heterocycles. The molecule has 1 aromatic rings. The average molecular weight is 247 g/mol. The van der Waals surface area contributed by atoms with Gasteiger partial charge in [-0.05, 0) is 42.0 Å². The maximum Gasteiger partial charge on any atom is 0.123 e. The van der Waals surface area contributed by atoms with E-state index in [1.54, 1.807) is 12.1 Å². The normalized spacial score (nSPS) is 24.2. The molecule has 2 heteroatoms. The van der Waals surface area contributed by atoms with Crippen molar-refractivity contribution in [2.75, 3.05) is 0 Å². The number of nitrogens with one attached hydrogen (secondary N) is 1. The molecule has 0 saturated heterocycles. The molecule has 0 spiro atoms. The summed E-state index contributed by atoms with van der Waals surface area (Å²) in [6.45, 7) is 6.67. The van der Waals surface area contributed by atoms with Gasteiger partial charge in [0.25, 0.3) is 0 Å². The molecule has 2 atom stereocenters. The molecule has 0 fully saturated rings. The summed E-state index contributed by atoms with van der Waals surface area (Å²) in [6, 6.07) is 7.81. The highest BCUT2D eigenvalue weighted by Crippen LogP contribution is 2.27. The Morgan fingerprint density at radius 2 is 1.94 bits per heavy atom. The zero-order valence-electron chi connectivity index (χ0n) is 11.4. The van der Waals surface area contributed by atoms with Gasteiger partial charge in [0.2, 0.25) is 0 Å². The van der Waals surface area contributed by atoms with Crippen molar-refractivity contribution >= 4 is 5.57 Å². The van der Waals surface area contributed by atoms with Crippen LogP contribution in [-0.2, 0) is 0 Å². The van der Waals surface area contributed by atoms with Crippen LogP contribution in [0.4, 0.5) is 4.39 Å². The molecule has 0 aliphatic carbocycles. The second kappa shape index (κ2) is 5.66. The molecular formula is C16H22FN. The van der Waals surface area contributed by atoms with Gasteiger partial charge in [-0.25, -0.2) is 4.39 Å². The zero-order chi connectivity index (χ0) is 13.1. The molecular weight excluding hydrogens is 225 g/mol. The van der Waals surface area contributed by atoms with Gasteiger partial charge in [-0.15, -0.1) is 0 Å². The van der Waals surface area contributed by atoms with E-state index in [2.05, 4.69) is 32.2 Å². The summed E-state index contributed by atoms with van der Waals surface area (Å²) in [7, 11) is 0. The Labute approximate surface area is 109 Å². The quantitative estimate of drug-likeness (QED) is 0.851. The summed E-state index contributed by atoms with van der Waals surface area (Å²) in [5.74, 6) is 0.413. The lowest BCUT2D eigenvalue weighted by atomic mass is 9.88. The lowest BCUT2D eigenvalue weighted by Crippen LogP contribution is -2.43. The smallest absolute Gasteiger partial charge is 0.123 e. The van der Waals surface area contributed by atoms with Crippen molar-refractivity contribution in [3.63, 3.8) is 0 Å². The summed E-state index contributed by atoms with van der Waals surface area (Å²) >= 11 is 0. The van der Waals surface area contributed by atoms with Gasteiger partial charge in [0, 0.05) is 12.1 Å². The van der Waals surface area contributed by atoms with Gasteiger partial charge in [-0.3, -0.25) is 0 Å². The highest BCUT2D eigenvalue weighted by Gasteiger charge is 2.22. The van der Waals surface area contributed by atoms with Gasteiger partial charge in [0.1, 0.15) is 5.82 Å². The summed E-state index contributed by atoms with van der Waals surface area (Å²) < 4.78 is 13.0. The molecule has 0 saturated carbocycles. The van der Waals surface area contributed by atoms with Gasteiger partial charge < -0.3 is 5.32 Å². The standard InChI is InChI=1S/C16H22FN/c1-4-15-9-13(10-16(18-15)11(2)3)12-5-7-14(17)8-6-12/h5-8,10-11,15-16,18H,4,9H2,1-3H3. The summed E-state index contributed by atoms with van der Waals surface area (Å²) in [4.78, 5) is 0. The summed E-state index contributed by atoms with van der Waals surface area (Å²) in [6.07, 6.45) is 4.47. The summed E-state index contributed by atoms with van der Waals surface area (Å²) in [5.41, 5.74) is 2.50. The number of hydrogen-bond donors (Lipinski definition) is 1. The van der Waals surface area contributed by atoms with Crippen LogP contribution >= 0.6 is 0 Å². The predicted octanol–water partition coefficient (Wildman–Crippen LogP) is 4.01. The van der Waals surface area contributed by atoms with Crippen LogP contribution < -0.4 is 5.32 Å². The largest absolute Gasteiger partial charge is 0.307 e. The SMILES string of the molecule is CCC1CC(c2ccc(F)cc2)=CC(C(C)C)N1. The number of rotatable bonds is 3. The molecule has 0 bridgehead atoms. The fraction of sp³-hybridized carbons (Fsp3) is 0.500. The first-order valence-corrected chi connectivity index (χ1v) is 6.82. The van der Waals surface area contributed by atoms with E-state index >= 15 is 0 Å². The Kier molecular flexibility index (Phi) is 4.18. The predicted molar refractivity (Wildman–Crippen MR) is 74.8 cm³/mol. The minimum Gasteiger partial charge on any atom is -0.307 e. The van der Waals surface area contributed by atoms with Crippen molar-refractivity contribution in [3.8, 4) is 0 Å². The second-order valence-corrected chi connectivity index (χ2v) is 5.44. The second-order valence-electron chi connectivity index (χ2n) is 5.44. The monoisotopic (exact) mass is 247 g/mol. The molecule has 1 aromatic carbocycles. The number of halogens is 1. The van der Waals surface area contributed by atoms with E-state index < -0.39 is 0 Å². The lowest BCUT2D eigenvalue weighted by molar-refractivity contribution is 0.382. The van der Waals surface area contributed by atoms with Gasteiger partial charge in [-0.1, -0.05) is 39.0 Å². The van der Waals surface area contributed by atoms with Crippen molar-refractivity contribution in [3.05, 3.63) is 41.7 Å². The van der Waals surface area contributed by atoms with Gasteiger partial charge in [0.05, 0.1) is 0 Å². The molecule has 0 radical (unpaired) electrons. The van der Waals surface area contributed by atoms with Crippen LogP contribution in [0.2, 0.25) is 0 Å². The molecule has 2 rings (SSSR count). The average Bonchev–Trinajstić information content (AvgIpc) is 2.39. The molecule has 98 valence electrons. The van der Waals surface area contributed by atoms with Crippen molar-refractivity contribution < 1.29 is 4.39 Å². The third-order valence-corrected chi connectivity index (χ3v) is 3.70. The topological polar surface area (TPSA) is 12.0 Å². The van der Waals surface area contributed by atoms with Crippen LogP contribution in [0.3, 0.4) is 0 Å². The third kappa shape index (κ3) is 2.99. The van der Waals surface area contributed by atoms with Crippen molar-refractivity contribution in [2.45, 2.75) is 45.7 Å². The fourth-order valence-corrected chi connectivity index (χ4v) is 2.45. The Balaban J connectivity index is 2.26. The van der Waals surface area contributed by atoms with Crippen LogP contribution in [0.15, 0.2) is 30.3 Å². The molecule has 0 amide bonds. The first-order valence-electron chi connectivity index (χ1n) is 6.82. The zero-order valence-corrected chi connectivity index (χ0v) is 11.4. The van der Waals surface area contributed by atoms with E-state index in [-0.39, 0.29) is 5.82 Å². The Morgan fingerprint density at radius 1 is 1.28 bits per heavy atom. The molecule has 1 nitrogen and oxygen atoms in total. The molecule has 0 aromatic heterocycles. The molecule has 1 heterocycles. The third-order valence-electron chi connectivity index (χ3n) is 3.70. The molecule has 18 heavy (non-hydrogen) atoms. The van der Waals surface area contributed by atoms with Gasteiger partial charge in [0.15, 0.2) is 0 Å². The Hall–Kier alpha value is -1.15. The minimum atomic E-state index is -0.166. The van der Waals surface area contributed by atoms with Crippen molar-refractivity contribution in [2.24, 2.45) is 5.92 Å². The van der Waals surface area contributed by atoms with Crippen LogP contribution in [0.5, 0.6) is 0 Å². The van der Waals surface area contributed by atoms with Crippen LogP contribution in [0, 0.1) is 11.7 Å². The maximum absolute atomic E-state index is 13.0. The van der Waals surface area contributed by atoms with E-state index in [0.29, 0.717) is 18.0 Å². The van der Waals surface area contributed by atoms with Crippen LogP contribution in [-0.4, -0.2) is 12.1 Å². The maximum atomic E-state index is 13.0. The first-order chi connectivity index (χ1) is 8.60. The fourth-order valence-electron chi connectivity index (χ4n) is 2.45. The lowest BCUT2D eigenvalue weighted by Gasteiger charge is -2.32. The number of benzene rings is 1. The minimum absolute atomic E-state index is 0.166. The molecule has 2 unspecified atom stereocenters. The van der Waals surface area contributed by atoms with Gasteiger partial charge >= 0.3 is 0 Å². The van der Waals surface area contributed by atoms with Crippen LogP contribution in [0.25, 0.3) is 5.57 Å². The number of hydrogen-bond acceptors (Lipinski definition) is 1.